The molecule has 0 saturated carbocycles. The quantitative estimate of drug-likeness (QED) is 0.633. The lowest BCUT2D eigenvalue weighted by Crippen LogP contribution is -2.25. The number of anilines is 3. The first-order valence-electron chi connectivity index (χ1n) is 8.64. The van der Waals surface area contributed by atoms with Gasteiger partial charge in [-0.3, -0.25) is 9.59 Å². The summed E-state index contributed by atoms with van der Waals surface area (Å²) >= 11 is 0. The molecule has 28 heavy (non-hydrogen) atoms. The molecule has 3 N–H and O–H groups in total. The van der Waals surface area contributed by atoms with Gasteiger partial charge in [-0.1, -0.05) is 12.1 Å². The number of rotatable bonds is 5. The van der Waals surface area contributed by atoms with Crippen LogP contribution in [-0.4, -0.2) is 28.4 Å². The first-order valence-corrected chi connectivity index (χ1v) is 8.64. The lowest BCUT2D eigenvalue weighted by atomic mass is 10.1. The van der Waals surface area contributed by atoms with Crippen molar-refractivity contribution in [3.8, 4) is 5.75 Å². The molecule has 1 aromatic heterocycles. The van der Waals surface area contributed by atoms with E-state index in [0.717, 1.165) is 11.3 Å². The van der Waals surface area contributed by atoms with Crippen LogP contribution in [0.3, 0.4) is 0 Å². The fraction of sp³-hybridized carbons (Fsp3) is 0.100. The molecule has 4 rings (SSSR count). The van der Waals surface area contributed by atoms with Crippen molar-refractivity contribution in [3.63, 3.8) is 0 Å². The summed E-state index contributed by atoms with van der Waals surface area (Å²) in [7, 11) is 0. The zero-order valence-corrected chi connectivity index (χ0v) is 14.8. The Kier molecular flexibility index (Phi) is 4.83. The maximum absolute atomic E-state index is 12.4. The first kappa shape index (κ1) is 17.5. The molecule has 0 bridgehead atoms. The molecular weight excluding hydrogens is 358 g/mol. The van der Waals surface area contributed by atoms with Crippen molar-refractivity contribution in [2.24, 2.45) is 0 Å². The van der Waals surface area contributed by atoms with Crippen molar-refractivity contribution >= 4 is 29.0 Å². The summed E-state index contributed by atoms with van der Waals surface area (Å²) in [5, 5.41) is 8.78. The second-order valence-electron chi connectivity index (χ2n) is 6.15. The number of hydrogen-bond acceptors (Lipinski definition) is 6. The average Bonchev–Trinajstić information content (AvgIpc) is 2.73. The fourth-order valence-corrected chi connectivity index (χ4v) is 2.76. The molecule has 0 spiro atoms. The van der Waals surface area contributed by atoms with Crippen LogP contribution < -0.4 is 20.7 Å². The van der Waals surface area contributed by atoms with E-state index < -0.39 is 0 Å². The van der Waals surface area contributed by atoms with E-state index in [1.165, 1.54) is 6.33 Å². The number of fused-ring (bicyclic) bond motifs is 1. The number of ether oxygens (including phenoxy) is 1. The van der Waals surface area contributed by atoms with Crippen LogP contribution in [-0.2, 0) is 11.3 Å². The van der Waals surface area contributed by atoms with Crippen molar-refractivity contribution in [3.05, 3.63) is 72.2 Å². The number of nitrogens with zero attached hydrogens (tertiary/aromatic N) is 2. The molecule has 0 radical (unpaired) electrons. The highest BCUT2D eigenvalue weighted by atomic mass is 16.5. The van der Waals surface area contributed by atoms with Gasteiger partial charge in [0.15, 0.2) is 6.61 Å². The van der Waals surface area contributed by atoms with E-state index in [0.29, 0.717) is 29.4 Å². The normalized spacial score (nSPS) is 12.4. The van der Waals surface area contributed by atoms with Crippen LogP contribution in [0, 0.1) is 0 Å². The van der Waals surface area contributed by atoms with Crippen molar-refractivity contribution in [1.29, 1.82) is 0 Å². The summed E-state index contributed by atoms with van der Waals surface area (Å²) < 4.78 is 5.42. The lowest BCUT2D eigenvalue weighted by Gasteiger charge is -2.19. The molecule has 0 fully saturated rings. The van der Waals surface area contributed by atoms with Crippen molar-refractivity contribution in [2.45, 2.75) is 6.54 Å². The predicted octanol–water partition coefficient (Wildman–Crippen LogP) is 2.67. The summed E-state index contributed by atoms with van der Waals surface area (Å²) in [6.07, 6.45) is 2.94. The molecular formula is C20H17N5O3. The molecule has 0 unspecified atom stereocenters. The van der Waals surface area contributed by atoms with E-state index in [-0.39, 0.29) is 18.4 Å². The zero-order chi connectivity index (χ0) is 19.3. The highest BCUT2D eigenvalue weighted by molar-refractivity contribution is 6.03. The molecule has 2 aromatic carbocycles. The Hall–Kier alpha value is -3.94. The highest BCUT2D eigenvalue weighted by Gasteiger charge is 2.15. The number of amides is 2. The summed E-state index contributed by atoms with van der Waals surface area (Å²) in [6, 6.07) is 14.4. The van der Waals surface area contributed by atoms with Crippen LogP contribution in [0.4, 0.5) is 17.2 Å². The first-order chi connectivity index (χ1) is 13.7. The number of nitrogens with one attached hydrogen (secondary N) is 3. The predicted molar refractivity (Wildman–Crippen MR) is 104 cm³/mol. The van der Waals surface area contributed by atoms with Gasteiger partial charge in [0, 0.05) is 30.1 Å². The SMILES string of the molecule is O=C1COc2cc(NCc3cccc(C(=O)Nc4ccncn4)c3)ccc2N1. The molecule has 1 aliphatic heterocycles. The standard InChI is InChI=1S/C20H17N5O3/c26-19-11-28-17-9-15(4-5-16(17)24-19)22-10-13-2-1-3-14(8-13)20(27)25-18-6-7-21-12-23-18/h1-9,12,22H,10-11H2,(H,24,26)(H,21,23,25,27). The maximum Gasteiger partial charge on any atom is 0.262 e. The number of aromatic nitrogens is 2. The second kappa shape index (κ2) is 7.75. The van der Waals surface area contributed by atoms with E-state index in [4.69, 9.17) is 4.74 Å². The zero-order valence-electron chi connectivity index (χ0n) is 14.8. The van der Waals surface area contributed by atoms with Gasteiger partial charge >= 0.3 is 0 Å². The van der Waals surface area contributed by atoms with Crippen molar-refractivity contribution in [2.75, 3.05) is 22.6 Å². The number of carbonyl (C=O) groups excluding carboxylic acids is 2. The third-order valence-electron chi connectivity index (χ3n) is 4.12. The molecule has 2 heterocycles. The van der Waals surface area contributed by atoms with Crippen LogP contribution in [0.15, 0.2) is 61.1 Å². The minimum absolute atomic E-state index is 0.0138. The van der Waals surface area contributed by atoms with Gasteiger partial charge in [0.2, 0.25) is 0 Å². The van der Waals surface area contributed by atoms with Crippen LogP contribution in [0.25, 0.3) is 0 Å². The molecule has 140 valence electrons. The third kappa shape index (κ3) is 4.07. The molecule has 3 aromatic rings. The summed E-state index contributed by atoms with van der Waals surface area (Å²) in [5.74, 6) is 0.677. The summed E-state index contributed by atoms with van der Waals surface area (Å²) in [6.45, 7) is 0.541. The maximum atomic E-state index is 12.4. The van der Waals surface area contributed by atoms with Gasteiger partial charge in [0.1, 0.15) is 17.9 Å². The fourth-order valence-electron chi connectivity index (χ4n) is 2.76. The van der Waals surface area contributed by atoms with E-state index >= 15 is 0 Å². The van der Waals surface area contributed by atoms with Crippen LogP contribution in [0.2, 0.25) is 0 Å². The van der Waals surface area contributed by atoms with Gasteiger partial charge in [0.05, 0.1) is 5.69 Å². The molecule has 2 amide bonds. The minimum atomic E-state index is -0.238. The van der Waals surface area contributed by atoms with Crippen LogP contribution in [0.1, 0.15) is 15.9 Å². The van der Waals surface area contributed by atoms with Gasteiger partial charge < -0.3 is 20.7 Å². The molecule has 0 aliphatic carbocycles. The lowest BCUT2D eigenvalue weighted by molar-refractivity contribution is -0.118. The number of hydrogen-bond donors (Lipinski definition) is 3. The Bertz CT molecular complexity index is 1020. The summed E-state index contributed by atoms with van der Waals surface area (Å²) in [4.78, 5) is 31.5. The summed E-state index contributed by atoms with van der Waals surface area (Å²) in [5.41, 5.74) is 2.99. The largest absolute Gasteiger partial charge is 0.482 e. The molecule has 1 aliphatic rings. The Morgan fingerprint density at radius 3 is 2.96 bits per heavy atom. The smallest absolute Gasteiger partial charge is 0.262 e. The van der Waals surface area contributed by atoms with Crippen molar-refractivity contribution in [1.82, 2.24) is 9.97 Å². The average molecular weight is 375 g/mol. The van der Waals surface area contributed by atoms with Crippen LogP contribution in [0.5, 0.6) is 5.75 Å². The van der Waals surface area contributed by atoms with Gasteiger partial charge in [0.25, 0.3) is 11.8 Å². The van der Waals surface area contributed by atoms with Gasteiger partial charge in [-0.05, 0) is 35.9 Å². The Balaban J connectivity index is 1.41. The molecule has 0 atom stereocenters. The monoisotopic (exact) mass is 375 g/mol. The van der Waals surface area contributed by atoms with E-state index in [1.54, 1.807) is 24.4 Å². The molecule has 8 nitrogen and oxygen atoms in total. The van der Waals surface area contributed by atoms with E-state index in [1.807, 2.05) is 30.3 Å². The van der Waals surface area contributed by atoms with Crippen molar-refractivity contribution < 1.29 is 14.3 Å². The third-order valence-corrected chi connectivity index (χ3v) is 4.12. The molecule has 0 saturated heterocycles. The van der Waals surface area contributed by atoms with E-state index in [9.17, 15) is 9.59 Å². The Morgan fingerprint density at radius 1 is 1.18 bits per heavy atom. The van der Waals surface area contributed by atoms with Gasteiger partial charge in [-0.25, -0.2) is 9.97 Å². The second-order valence-corrected chi connectivity index (χ2v) is 6.15. The Morgan fingerprint density at radius 2 is 2.11 bits per heavy atom. The minimum Gasteiger partial charge on any atom is -0.482 e. The van der Waals surface area contributed by atoms with E-state index in [2.05, 4.69) is 25.9 Å². The van der Waals surface area contributed by atoms with Gasteiger partial charge in [-0.2, -0.15) is 0 Å². The molecule has 8 heteroatoms. The Labute approximate surface area is 161 Å². The highest BCUT2D eigenvalue weighted by Crippen LogP contribution is 2.30. The number of benzene rings is 2. The topological polar surface area (TPSA) is 105 Å². The number of carbonyl (C=O) groups is 2. The van der Waals surface area contributed by atoms with Gasteiger partial charge in [-0.15, -0.1) is 0 Å². The van der Waals surface area contributed by atoms with Crippen LogP contribution >= 0.6 is 0 Å².